The van der Waals surface area contributed by atoms with Crippen LogP contribution < -0.4 is 10.1 Å². The summed E-state index contributed by atoms with van der Waals surface area (Å²) < 4.78 is 11.1. The number of methoxy groups -OCH3 is 1. The minimum Gasteiger partial charge on any atom is -0.494 e. The standard InChI is InChI=1S/C18H24N2O3/c1-5-12-23-18(3,6-2)17(21)20-14-9-10-15(22-4)16-13(14)8-7-11-19-16/h7-11H,5-6,12H2,1-4H3,(H,20,21)/t18-/m1/s1. The van der Waals surface area contributed by atoms with Crippen molar-refractivity contribution < 1.29 is 14.3 Å². The molecular formula is C18H24N2O3. The fourth-order valence-corrected chi connectivity index (χ4v) is 2.33. The van der Waals surface area contributed by atoms with Gasteiger partial charge in [0.15, 0.2) is 0 Å². The number of nitrogens with zero attached hydrogens (tertiary/aromatic N) is 1. The first-order chi connectivity index (χ1) is 11.1. The summed E-state index contributed by atoms with van der Waals surface area (Å²) in [6.45, 7) is 6.35. The van der Waals surface area contributed by atoms with Gasteiger partial charge < -0.3 is 14.8 Å². The number of benzene rings is 1. The lowest BCUT2D eigenvalue weighted by atomic mass is 10.0. The van der Waals surface area contributed by atoms with Crippen LogP contribution in [0.2, 0.25) is 0 Å². The van der Waals surface area contributed by atoms with Crippen molar-refractivity contribution in [3.05, 3.63) is 30.5 Å². The van der Waals surface area contributed by atoms with Gasteiger partial charge in [-0.15, -0.1) is 0 Å². The van der Waals surface area contributed by atoms with Gasteiger partial charge in [0.05, 0.1) is 12.8 Å². The van der Waals surface area contributed by atoms with E-state index in [1.54, 1.807) is 19.4 Å². The number of ether oxygens (including phenoxy) is 2. The fourth-order valence-electron chi connectivity index (χ4n) is 2.33. The number of fused-ring (bicyclic) bond motifs is 1. The third kappa shape index (κ3) is 3.62. The van der Waals surface area contributed by atoms with Gasteiger partial charge in [-0.05, 0) is 44.0 Å². The zero-order chi connectivity index (χ0) is 16.9. The van der Waals surface area contributed by atoms with E-state index in [4.69, 9.17) is 9.47 Å². The maximum atomic E-state index is 12.7. The quantitative estimate of drug-likeness (QED) is 0.844. The van der Waals surface area contributed by atoms with Crippen molar-refractivity contribution in [3.8, 4) is 5.75 Å². The number of hydrogen-bond acceptors (Lipinski definition) is 4. The Labute approximate surface area is 137 Å². The second-order valence-electron chi connectivity index (χ2n) is 5.60. The Morgan fingerprint density at radius 2 is 2.09 bits per heavy atom. The molecule has 1 aromatic heterocycles. The van der Waals surface area contributed by atoms with E-state index < -0.39 is 5.60 Å². The molecule has 0 saturated carbocycles. The van der Waals surface area contributed by atoms with Crippen LogP contribution in [0.25, 0.3) is 10.9 Å². The maximum Gasteiger partial charge on any atom is 0.256 e. The molecule has 23 heavy (non-hydrogen) atoms. The van der Waals surface area contributed by atoms with E-state index in [1.807, 2.05) is 39.0 Å². The maximum absolute atomic E-state index is 12.7. The van der Waals surface area contributed by atoms with Gasteiger partial charge in [-0.3, -0.25) is 9.78 Å². The molecular weight excluding hydrogens is 292 g/mol. The highest BCUT2D eigenvalue weighted by atomic mass is 16.5. The van der Waals surface area contributed by atoms with Crippen LogP contribution in [0.3, 0.4) is 0 Å². The van der Waals surface area contributed by atoms with Gasteiger partial charge in [0, 0.05) is 18.2 Å². The molecule has 0 spiro atoms. The SMILES string of the molecule is CCCO[C@](C)(CC)C(=O)Nc1ccc(OC)c2ncccc12. The third-order valence-electron chi connectivity index (χ3n) is 3.98. The number of aromatic nitrogens is 1. The van der Waals surface area contributed by atoms with E-state index in [0.717, 1.165) is 17.3 Å². The number of hydrogen-bond donors (Lipinski definition) is 1. The van der Waals surface area contributed by atoms with E-state index in [1.165, 1.54) is 0 Å². The van der Waals surface area contributed by atoms with Gasteiger partial charge in [-0.1, -0.05) is 13.8 Å². The van der Waals surface area contributed by atoms with Crippen LogP contribution in [0.5, 0.6) is 5.75 Å². The lowest BCUT2D eigenvalue weighted by Gasteiger charge is -2.27. The molecule has 2 rings (SSSR count). The smallest absolute Gasteiger partial charge is 0.256 e. The van der Waals surface area contributed by atoms with Crippen molar-refractivity contribution in [3.63, 3.8) is 0 Å². The normalized spacial score (nSPS) is 13.6. The Hall–Kier alpha value is -2.14. The van der Waals surface area contributed by atoms with Gasteiger partial charge >= 0.3 is 0 Å². The molecule has 1 aromatic carbocycles. The third-order valence-corrected chi connectivity index (χ3v) is 3.98. The lowest BCUT2D eigenvalue weighted by molar-refractivity contribution is -0.139. The number of amides is 1. The highest BCUT2D eigenvalue weighted by Gasteiger charge is 2.32. The van der Waals surface area contributed by atoms with Crippen molar-refractivity contribution in [1.29, 1.82) is 0 Å². The van der Waals surface area contributed by atoms with Crippen molar-refractivity contribution in [1.82, 2.24) is 4.98 Å². The highest BCUT2D eigenvalue weighted by Crippen LogP contribution is 2.30. The molecule has 5 nitrogen and oxygen atoms in total. The average molecular weight is 316 g/mol. The molecule has 0 fully saturated rings. The van der Waals surface area contributed by atoms with E-state index in [9.17, 15) is 4.79 Å². The Kier molecular flexibility index (Phi) is 5.55. The fraction of sp³-hybridized carbons (Fsp3) is 0.444. The molecule has 0 aliphatic heterocycles. The molecule has 0 saturated heterocycles. The Bertz CT molecular complexity index is 687. The molecule has 1 N–H and O–H groups in total. The summed E-state index contributed by atoms with van der Waals surface area (Å²) in [5.74, 6) is 0.530. The molecule has 1 heterocycles. The van der Waals surface area contributed by atoms with Crippen molar-refractivity contribution >= 4 is 22.5 Å². The molecule has 0 bridgehead atoms. The first-order valence-corrected chi connectivity index (χ1v) is 7.92. The lowest BCUT2D eigenvalue weighted by Crippen LogP contribution is -2.42. The van der Waals surface area contributed by atoms with Gasteiger partial charge in [-0.25, -0.2) is 0 Å². The zero-order valence-corrected chi connectivity index (χ0v) is 14.2. The van der Waals surface area contributed by atoms with Crippen LogP contribution in [-0.4, -0.2) is 30.2 Å². The Balaban J connectivity index is 2.33. The second kappa shape index (κ2) is 7.42. The predicted octanol–water partition coefficient (Wildman–Crippen LogP) is 3.78. The van der Waals surface area contributed by atoms with Crippen LogP contribution >= 0.6 is 0 Å². The van der Waals surface area contributed by atoms with Gasteiger partial charge in [0.1, 0.15) is 16.9 Å². The molecule has 5 heteroatoms. The molecule has 0 aliphatic carbocycles. The summed E-state index contributed by atoms with van der Waals surface area (Å²) >= 11 is 0. The molecule has 1 atom stereocenters. The molecule has 2 aromatic rings. The number of nitrogens with one attached hydrogen (secondary N) is 1. The van der Waals surface area contributed by atoms with E-state index >= 15 is 0 Å². The summed E-state index contributed by atoms with van der Waals surface area (Å²) in [6.07, 6.45) is 3.18. The van der Waals surface area contributed by atoms with E-state index in [-0.39, 0.29) is 5.91 Å². The molecule has 0 unspecified atom stereocenters. The number of anilines is 1. The Morgan fingerprint density at radius 3 is 2.74 bits per heavy atom. The topological polar surface area (TPSA) is 60.5 Å². The van der Waals surface area contributed by atoms with Crippen molar-refractivity contribution in [2.75, 3.05) is 19.0 Å². The van der Waals surface area contributed by atoms with E-state index in [0.29, 0.717) is 24.5 Å². The van der Waals surface area contributed by atoms with Gasteiger partial charge in [-0.2, -0.15) is 0 Å². The van der Waals surface area contributed by atoms with Crippen LogP contribution in [0, 0.1) is 0 Å². The monoisotopic (exact) mass is 316 g/mol. The Morgan fingerprint density at radius 1 is 1.30 bits per heavy atom. The van der Waals surface area contributed by atoms with Gasteiger partial charge in [0.2, 0.25) is 0 Å². The van der Waals surface area contributed by atoms with Crippen molar-refractivity contribution in [2.24, 2.45) is 0 Å². The molecule has 0 aliphatic rings. The van der Waals surface area contributed by atoms with Crippen LogP contribution in [0.1, 0.15) is 33.6 Å². The first-order valence-electron chi connectivity index (χ1n) is 7.92. The summed E-state index contributed by atoms with van der Waals surface area (Å²) in [4.78, 5) is 17.0. The molecule has 0 radical (unpaired) electrons. The largest absolute Gasteiger partial charge is 0.494 e. The van der Waals surface area contributed by atoms with Gasteiger partial charge in [0.25, 0.3) is 5.91 Å². The van der Waals surface area contributed by atoms with E-state index in [2.05, 4.69) is 10.3 Å². The van der Waals surface area contributed by atoms with Crippen LogP contribution in [0.4, 0.5) is 5.69 Å². The number of pyridine rings is 1. The number of carbonyl (C=O) groups is 1. The average Bonchev–Trinajstić information content (AvgIpc) is 2.59. The zero-order valence-electron chi connectivity index (χ0n) is 14.2. The summed E-state index contributed by atoms with van der Waals surface area (Å²) in [7, 11) is 1.61. The number of carbonyl (C=O) groups excluding carboxylic acids is 1. The second-order valence-corrected chi connectivity index (χ2v) is 5.60. The van der Waals surface area contributed by atoms with Crippen molar-refractivity contribution in [2.45, 2.75) is 39.2 Å². The summed E-state index contributed by atoms with van der Waals surface area (Å²) in [5, 5.41) is 3.82. The minimum atomic E-state index is -0.843. The highest BCUT2D eigenvalue weighted by molar-refractivity contribution is 6.05. The molecule has 1 amide bonds. The first kappa shape index (κ1) is 17.2. The van der Waals surface area contributed by atoms with Crippen LogP contribution in [-0.2, 0) is 9.53 Å². The predicted molar refractivity (Wildman–Crippen MR) is 91.9 cm³/mol. The summed E-state index contributed by atoms with van der Waals surface area (Å²) in [5.41, 5.74) is 0.587. The number of rotatable bonds is 7. The minimum absolute atomic E-state index is 0.149. The molecule has 124 valence electrons. The summed E-state index contributed by atoms with van der Waals surface area (Å²) in [6, 6.07) is 7.39. The van der Waals surface area contributed by atoms with Crippen LogP contribution in [0.15, 0.2) is 30.5 Å².